The van der Waals surface area contributed by atoms with Gasteiger partial charge in [0.15, 0.2) is 0 Å². The van der Waals surface area contributed by atoms with E-state index < -0.39 is 0 Å². The highest BCUT2D eigenvalue weighted by atomic mass is 16.3. The van der Waals surface area contributed by atoms with Crippen LogP contribution in [0.15, 0.2) is 18.3 Å². The normalized spacial score (nSPS) is 12.5. The molecule has 0 aliphatic rings. The molecular formula is C12H21N3O. The molecular weight excluding hydrogens is 202 g/mol. The lowest BCUT2D eigenvalue weighted by Crippen LogP contribution is -2.24. The summed E-state index contributed by atoms with van der Waals surface area (Å²) in [5, 5.41) is 12.4. The van der Waals surface area contributed by atoms with Crippen LogP contribution in [0, 0.1) is 0 Å². The number of aliphatic hydroxyl groups is 1. The Kier molecular flexibility index (Phi) is 5.22. The number of hydrogen-bond acceptors (Lipinski definition) is 4. The molecule has 90 valence electrons. The quantitative estimate of drug-likeness (QED) is 0.755. The van der Waals surface area contributed by atoms with Gasteiger partial charge >= 0.3 is 0 Å². The molecule has 0 fully saturated rings. The van der Waals surface area contributed by atoms with Gasteiger partial charge in [-0.3, -0.25) is 0 Å². The van der Waals surface area contributed by atoms with Crippen molar-refractivity contribution >= 4 is 5.82 Å². The van der Waals surface area contributed by atoms with Gasteiger partial charge in [0.1, 0.15) is 5.82 Å². The lowest BCUT2D eigenvalue weighted by molar-refractivity contribution is 0.187. The maximum Gasteiger partial charge on any atom is 0.132 e. The largest absolute Gasteiger partial charge is 0.393 e. The molecule has 16 heavy (non-hydrogen) atoms. The minimum Gasteiger partial charge on any atom is -0.393 e. The Balaban J connectivity index is 2.69. The smallest absolute Gasteiger partial charge is 0.132 e. The van der Waals surface area contributed by atoms with E-state index in [9.17, 15) is 5.11 Å². The standard InChI is InChI=1S/C12H21N3O/c1-10(16)6-8-15(3)12-11(9-13-2)5-4-7-14-12/h4-5,7,10,13,16H,6,8-9H2,1-3H3. The second kappa shape index (κ2) is 6.45. The third-order valence-corrected chi connectivity index (χ3v) is 2.48. The van der Waals surface area contributed by atoms with E-state index in [2.05, 4.69) is 21.3 Å². The molecule has 1 heterocycles. The first-order valence-electron chi connectivity index (χ1n) is 5.63. The highest BCUT2D eigenvalue weighted by Gasteiger charge is 2.08. The number of nitrogens with one attached hydrogen (secondary N) is 1. The topological polar surface area (TPSA) is 48.4 Å². The molecule has 0 aromatic carbocycles. The third-order valence-electron chi connectivity index (χ3n) is 2.48. The molecule has 0 saturated carbocycles. The van der Waals surface area contributed by atoms with Crippen molar-refractivity contribution in [2.45, 2.75) is 26.0 Å². The van der Waals surface area contributed by atoms with Crippen LogP contribution >= 0.6 is 0 Å². The molecule has 4 heteroatoms. The molecule has 0 radical (unpaired) electrons. The van der Waals surface area contributed by atoms with E-state index in [1.165, 1.54) is 5.56 Å². The molecule has 1 unspecified atom stereocenters. The second-order valence-electron chi connectivity index (χ2n) is 4.08. The Labute approximate surface area is 97.3 Å². The summed E-state index contributed by atoms with van der Waals surface area (Å²) in [5.41, 5.74) is 1.18. The first-order chi connectivity index (χ1) is 7.65. The SMILES string of the molecule is CNCc1cccnc1N(C)CCC(C)O. The van der Waals surface area contributed by atoms with Crippen LogP contribution in [0.3, 0.4) is 0 Å². The van der Waals surface area contributed by atoms with E-state index in [1.807, 2.05) is 20.2 Å². The van der Waals surface area contributed by atoms with Gasteiger partial charge in [-0.15, -0.1) is 0 Å². The fourth-order valence-electron chi connectivity index (χ4n) is 1.59. The third kappa shape index (κ3) is 3.79. The Morgan fingerprint density at radius 2 is 2.31 bits per heavy atom. The number of rotatable bonds is 6. The summed E-state index contributed by atoms with van der Waals surface area (Å²) in [5.74, 6) is 0.984. The maximum atomic E-state index is 9.26. The van der Waals surface area contributed by atoms with Gasteiger partial charge in [0, 0.05) is 31.9 Å². The van der Waals surface area contributed by atoms with E-state index in [1.54, 1.807) is 13.1 Å². The van der Waals surface area contributed by atoms with E-state index in [0.29, 0.717) is 0 Å². The van der Waals surface area contributed by atoms with Crippen molar-refractivity contribution in [2.24, 2.45) is 0 Å². The number of pyridine rings is 1. The first-order valence-corrected chi connectivity index (χ1v) is 5.63. The predicted octanol–water partition coefficient (Wildman–Crippen LogP) is 1.01. The Hall–Kier alpha value is -1.13. The zero-order valence-electron chi connectivity index (χ0n) is 10.3. The van der Waals surface area contributed by atoms with Crippen molar-refractivity contribution in [3.63, 3.8) is 0 Å². The Morgan fingerprint density at radius 1 is 1.56 bits per heavy atom. The van der Waals surface area contributed by atoms with Crippen molar-refractivity contribution in [1.82, 2.24) is 10.3 Å². The minimum absolute atomic E-state index is 0.265. The molecule has 1 rings (SSSR count). The molecule has 1 aromatic rings. The zero-order chi connectivity index (χ0) is 12.0. The summed E-state index contributed by atoms with van der Waals surface area (Å²) in [6.45, 7) is 3.42. The summed E-state index contributed by atoms with van der Waals surface area (Å²) in [6.07, 6.45) is 2.29. The average molecular weight is 223 g/mol. The molecule has 0 aliphatic heterocycles. The summed E-state index contributed by atoms with van der Waals surface area (Å²) < 4.78 is 0. The molecule has 0 bridgehead atoms. The van der Waals surface area contributed by atoms with Gasteiger partial charge in [-0.1, -0.05) is 6.07 Å². The molecule has 4 nitrogen and oxygen atoms in total. The fourth-order valence-corrected chi connectivity index (χ4v) is 1.59. The van der Waals surface area contributed by atoms with Crippen molar-refractivity contribution in [3.8, 4) is 0 Å². The summed E-state index contributed by atoms with van der Waals surface area (Å²) in [7, 11) is 3.93. The lowest BCUT2D eigenvalue weighted by Gasteiger charge is -2.21. The predicted molar refractivity (Wildman–Crippen MR) is 66.6 cm³/mol. The summed E-state index contributed by atoms with van der Waals surface area (Å²) in [4.78, 5) is 6.46. The molecule has 0 amide bonds. The van der Waals surface area contributed by atoms with Crippen molar-refractivity contribution < 1.29 is 5.11 Å². The van der Waals surface area contributed by atoms with E-state index in [4.69, 9.17) is 0 Å². The van der Waals surface area contributed by atoms with Crippen LogP contribution < -0.4 is 10.2 Å². The van der Waals surface area contributed by atoms with Crippen molar-refractivity contribution in [2.75, 3.05) is 25.5 Å². The molecule has 1 atom stereocenters. The van der Waals surface area contributed by atoms with E-state index in [-0.39, 0.29) is 6.10 Å². The van der Waals surface area contributed by atoms with Gasteiger partial charge in [-0.25, -0.2) is 4.98 Å². The minimum atomic E-state index is -0.265. The van der Waals surface area contributed by atoms with Crippen LogP contribution in [0.25, 0.3) is 0 Å². The Bertz CT molecular complexity index is 315. The monoisotopic (exact) mass is 223 g/mol. The van der Waals surface area contributed by atoms with E-state index >= 15 is 0 Å². The zero-order valence-corrected chi connectivity index (χ0v) is 10.3. The highest BCUT2D eigenvalue weighted by Crippen LogP contribution is 2.15. The number of nitrogens with zero attached hydrogens (tertiary/aromatic N) is 2. The summed E-state index contributed by atoms with van der Waals surface area (Å²) in [6, 6.07) is 4.01. The van der Waals surface area contributed by atoms with Gasteiger partial charge in [0.05, 0.1) is 6.10 Å². The van der Waals surface area contributed by atoms with Gasteiger partial charge in [0.2, 0.25) is 0 Å². The van der Waals surface area contributed by atoms with Gasteiger partial charge in [0.25, 0.3) is 0 Å². The molecule has 0 aliphatic carbocycles. The van der Waals surface area contributed by atoms with Crippen LogP contribution in [0.4, 0.5) is 5.82 Å². The van der Waals surface area contributed by atoms with Crippen molar-refractivity contribution in [3.05, 3.63) is 23.9 Å². The maximum absolute atomic E-state index is 9.26. The van der Waals surface area contributed by atoms with Crippen molar-refractivity contribution in [1.29, 1.82) is 0 Å². The second-order valence-corrected chi connectivity index (χ2v) is 4.08. The lowest BCUT2D eigenvalue weighted by atomic mass is 10.2. The van der Waals surface area contributed by atoms with Gasteiger partial charge in [-0.05, 0) is 26.5 Å². The average Bonchev–Trinajstić information content (AvgIpc) is 2.27. The molecule has 0 spiro atoms. The fraction of sp³-hybridized carbons (Fsp3) is 0.583. The van der Waals surface area contributed by atoms with E-state index in [0.717, 1.165) is 25.3 Å². The number of hydrogen-bond donors (Lipinski definition) is 2. The van der Waals surface area contributed by atoms with Crippen LogP contribution in [-0.4, -0.2) is 36.8 Å². The van der Waals surface area contributed by atoms with Gasteiger partial charge in [-0.2, -0.15) is 0 Å². The van der Waals surface area contributed by atoms with Crippen LogP contribution in [-0.2, 0) is 6.54 Å². The highest BCUT2D eigenvalue weighted by molar-refractivity contribution is 5.45. The first kappa shape index (κ1) is 12.9. The van der Waals surface area contributed by atoms with Gasteiger partial charge < -0.3 is 15.3 Å². The number of aliphatic hydroxyl groups excluding tert-OH is 1. The van der Waals surface area contributed by atoms with Crippen LogP contribution in [0.2, 0.25) is 0 Å². The Morgan fingerprint density at radius 3 is 2.94 bits per heavy atom. The molecule has 0 saturated heterocycles. The molecule has 2 N–H and O–H groups in total. The van der Waals surface area contributed by atoms with Crippen LogP contribution in [0.5, 0.6) is 0 Å². The molecule has 1 aromatic heterocycles. The number of anilines is 1. The number of aromatic nitrogens is 1. The van der Waals surface area contributed by atoms with Crippen LogP contribution in [0.1, 0.15) is 18.9 Å². The summed E-state index contributed by atoms with van der Waals surface area (Å²) >= 11 is 0.